The third-order valence-electron chi connectivity index (χ3n) is 3.58. The number of hydrogen-bond acceptors (Lipinski definition) is 3. The summed E-state index contributed by atoms with van der Waals surface area (Å²) in [5.41, 5.74) is 0.575. The molecule has 96 valence electrons. The number of hydrogen-bond donors (Lipinski definition) is 0. The van der Waals surface area contributed by atoms with Crippen molar-refractivity contribution in [3.05, 3.63) is 30.1 Å². The minimum Gasteiger partial charge on any atom is -0.308 e. The van der Waals surface area contributed by atoms with E-state index >= 15 is 0 Å². The molecule has 0 saturated carbocycles. The summed E-state index contributed by atoms with van der Waals surface area (Å²) in [6.45, 7) is 0. The van der Waals surface area contributed by atoms with Gasteiger partial charge in [0, 0.05) is 18.0 Å². The summed E-state index contributed by atoms with van der Waals surface area (Å²) < 4.78 is 36.0. The number of rotatable bonds is 1. The first kappa shape index (κ1) is 11.6. The van der Waals surface area contributed by atoms with Crippen molar-refractivity contribution in [3.63, 3.8) is 0 Å². The van der Waals surface area contributed by atoms with Crippen molar-refractivity contribution < 1.29 is 17.6 Å². The first-order chi connectivity index (χ1) is 8.46. The molecule has 6 heteroatoms. The standard InChI is InChI=1S/C12H12FNO3S/c13-9-1-3-10(4-2-9)14-11-7-18(16,17)6-8(11)5-12(14)15/h1-4,8,11H,5-7H2. The Balaban J connectivity index is 1.96. The van der Waals surface area contributed by atoms with Crippen LogP contribution in [0.1, 0.15) is 6.42 Å². The molecular weight excluding hydrogens is 257 g/mol. The predicted octanol–water partition coefficient (Wildman–Crippen LogP) is 0.976. The Morgan fingerprint density at radius 1 is 1.17 bits per heavy atom. The highest BCUT2D eigenvalue weighted by Crippen LogP contribution is 2.36. The number of fused-ring (bicyclic) bond motifs is 1. The Kier molecular flexibility index (Phi) is 2.45. The van der Waals surface area contributed by atoms with E-state index < -0.39 is 9.84 Å². The normalized spacial score (nSPS) is 29.6. The van der Waals surface area contributed by atoms with E-state index in [1.165, 1.54) is 29.2 Å². The second-order valence-corrected chi connectivity index (χ2v) is 7.00. The van der Waals surface area contributed by atoms with Gasteiger partial charge in [-0.15, -0.1) is 0 Å². The quantitative estimate of drug-likeness (QED) is 0.763. The van der Waals surface area contributed by atoms with Crippen molar-refractivity contribution in [2.24, 2.45) is 5.92 Å². The lowest BCUT2D eigenvalue weighted by molar-refractivity contribution is -0.117. The van der Waals surface area contributed by atoms with Gasteiger partial charge in [0.25, 0.3) is 0 Å². The zero-order valence-corrected chi connectivity index (χ0v) is 10.4. The lowest BCUT2D eigenvalue weighted by Crippen LogP contribution is -2.36. The maximum atomic E-state index is 12.9. The maximum Gasteiger partial charge on any atom is 0.227 e. The molecule has 0 radical (unpaired) electrons. The minimum absolute atomic E-state index is 0.0147. The van der Waals surface area contributed by atoms with E-state index in [9.17, 15) is 17.6 Å². The largest absolute Gasteiger partial charge is 0.308 e. The van der Waals surface area contributed by atoms with Crippen LogP contribution >= 0.6 is 0 Å². The molecule has 2 fully saturated rings. The summed E-state index contributed by atoms with van der Waals surface area (Å²) in [5.74, 6) is -0.470. The lowest BCUT2D eigenvalue weighted by Gasteiger charge is -2.23. The summed E-state index contributed by atoms with van der Waals surface area (Å²) in [6, 6.07) is 5.30. The van der Waals surface area contributed by atoms with E-state index in [0.717, 1.165) is 0 Å². The lowest BCUT2D eigenvalue weighted by atomic mass is 10.1. The van der Waals surface area contributed by atoms with E-state index in [1.807, 2.05) is 0 Å². The summed E-state index contributed by atoms with van der Waals surface area (Å²) in [7, 11) is -3.05. The van der Waals surface area contributed by atoms with Crippen molar-refractivity contribution in [3.8, 4) is 0 Å². The molecule has 2 aliphatic rings. The average molecular weight is 269 g/mol. The van der Waals surface area contributed by atoms with Crippen molar-refractivity contribution in [1.29, 1.82) is 0 Å². The van der Waals surface area contributed by atoms with Gasteiger partial charge in [-0.25, -0.2) is 12.8 Å². The summed E-state index contributed by atoms with van der Waals surface area (Å²) >= 11 is 0. The van der Waals surface area contributed by atoms with Crippen LogP contribution in [-0.2, 0) is 14.6 Å². The molecule has 2 saturated heterocycles. The molecule has 2 aliphatic heterocycles. The van der Waals surface area contributed by atoms with Crippen LogP contribution in [0.2, 0.25) is 0 Å². The molecule has 0 spiro atoms. The van der Waals surface area contributed by atoms with E-state index in [-0.39, 0.29) is 41.6 Å². The van der Waals surface area contributed by atoms with Crippen LogP contribution < -0.4 is 4.90 Å². The molecule has 0 aliphatic carbocycles. The second kappa shape index (κ2) is 3.78. The Bertz CT molecular complexity index is 596. The molecule has 1 amide bonds. The van der Waals surface area contributed by atoms with Crippen LogP contribution in [-0.4, -0.2) is 31.9 Å². The summed E-state index contributed by atoms with van der Waals surface area (Å²) in [5, 5.41) is 0. The molecule has 1 aromatic rings. The fraction of sp³-hybridized carbons (Fsp3) is 0.417. The second-order valence-electron chi connectivity index (χ2n) is 4.85. The average Bonchev–Trinajstić information content (AvgIpc) is 2.70. The molecule has 2 unspecified atom stereocenters. The van der Waals surface area contributed by atoms with Gasteiger partial charge in [-0.2, -0.15) is 0 Å². The molecule has 3 rings (SSSR count). The van der Waals surface area contributed by atoms with Crippen LogP contribution in [0.25, 0.3) is 0 Å². The first-order valence-corrected chi connectivity index (χ1v) is 7.56. The van der Waals surface area contributed by atoms with Crippen molar-refractivity contribution >= 4 is 21.4 Å². The van der Waals surface area contributed by atoms with Gasteiger partial charge in [0.05, 0.1) is 17.5 Å². The maximum absolute atomic E-state index is 12.9. The van der Waals surface area contributed by atoms with Gasteiger partial charge in [0.1, 0.15) is 5.82 Å². The van der Waals surface area contributed by atoms with Gasteiger partial charge < -0.3 is 4.90 Å². The number of anilines is 1. The fourth-order valence-electron chi connectivity index (χ4n) is 2.83. The zero-order valence-electron chi connectivity index (χ0n) is 9.54. The topological polar surface area (TPSA) is 54.5 Å². The number of halogens is 1. The Morgan fingerprint density at radius 2 is 1.83 bits per heavy atom. The van der Waals surface area contributed by atoms with E-state index in [2.05, 4.69) is 0 Å². The van der Waals surface area contributed by atoms with E-state index in [1.54, 1.807) is 0 Å². The highest BCUT2D eigenvalue weighted by Gasteiger charge is 2.49. The van der Waals surface area contributed by atoms with Gasteiger partial charge in [0.2, 0.25) is 5.91 Å². The molecule has 4 nitrogen and oxygen atoms in total. The van der Waals surface area contributed by atoms with Crippen LogP contribution in [0.3, 0.4) is 0 Å². The van der Waals surface area contributed by atoms with E-state index in [0.29, 0.717) is 5.69 Å². The number of nitrogens with zero attached hydrogens (tertiary/aromatic N) is 1. The van der Waals surface area contributed by atoms with Crippen molar-refractivity contribution in [2.75, 3.05) is 16.4 Å². The smallest absolute Gasteiger partial charge is 0.227 e. The monoisotopic (exact) mass is 269 g/mol. The van der Waals surface area contributed by atoms with Gasteiger partial charge >= 0.3 is 0 Å². The van der Waals surface area contributed by atoms with E-state index in [4.69, 9.17) is 0 Å². The van der Waals surface area contributed by atoms with Crippen LogP contribution in [0.5, 0.6) is 0 Å². The van der Waals surface area contributed by atoms with Crippen molar-refractivity contribution in [2.45, 2.75) is 12.5 Å². The van der Waals surface area contributed by atoms with Gasteiger partial charge in [-0.3, -0.25) is 4.79 Å². The third-order valence-corrected chi connectivity index (χ3v) is 5.36. The minimum atomic E-state index is -3.05. The molecular formula is C12H12FNO3S. The third kappa shape index (κ3) is 1.80. The van der Waals surface area contributed by atoms with Crippen molar-refractivity contribution in [1.82, 2.24) is 0 Å². The molecule has 2 heterocycles. The molecule has 0 bridgehead atoms. The molecule has 0 aromatic heterocycles. The van der Waals surface area contributed by atoms with Crippen LogP contribution in [0.15, 0.2) is 24.3 Å². The number of carbonyl (C=O) groups excluding carboxylic acids is 1. The molecule has 2 atom stereocenters. The summed E-state index contributed by atoms with van der Waals surface area (Å²) in [4.78, 5) is 13.4. The number of amides is 1. The molecule has 0 N–H and O–H groups in total. The SMILES string of the molecule is O=C1CC2CS(=O)(=O)CC2N1c1ccc(F)cc1. The number of carbonyl (C=O) groups is 1. The Hall–Kier alpha value is -1.43. The fourth-order valence-corrected chi connectivity index (χ4v) is 4.90. The molecule has 1 aromatic carbocycles. The highest BCUT2D eigenvalue weighted by atomic mass is 32.2. The number of sulfone groups is 1. The van der Waals surface area contributed by atoms with Gasteiger partial charge in [-0.05, 0) is 24.3 Å². The Morgan fingerprint density at radius 3 is 2.50 bits per heavy atom. The highest BCUT2D eigenvalue weighted by molar-refractivity contribution is 7.91. The van der Waals surface area contributed by atoms with Gasteiger partial charge in [-0.1, -0.05) is 0 Å². The molecule has 18 heavy (non-hydrogen) atoms. The summed E-state index contributed by atoms with van der Waals surface area (Å²) in [6.07, 6.45) is 0.265. The number of benzene rings is 1. The first-order valence-electron chi connectivity index (χ1n) is 5.74. The van der Waals surface area contributed by atoms with Gasteiger partial charge in [0.15, 0.2) is 9.84 Å². The predicted molar refractivity (Wildman–Crippen MR) is 64.4 cm³/mol. The van der Waals surface area contributed by atoms with Crippen LogP contribution in [0.4, 0.5) is 10.1 Å². The van der Waals surface area contributed by atoms with Crippen LogP contribution in [0, 0.1) is 11.7 Å². The Labute approximate surface area is 104 Å². The zero-order chi connectivity index (χ0) is 12.9.